The molecule has 1 saturated heterocycles. The summed E-state index contributed by atoms with van der Waals surface area (Å²) in [6, 6.07) is 1.43. The monoisotopic (exact) mass is 255 g/mol. The van der Waals surface area contributed by atoms with Gasteiger partial charge in [0.2, 0.25) is 0 Å². The first-order valence-corrected chi connectivity index (χ1v) is 7.79. The summed E-state index contributed by atoms with van der Waals surface area (Å²) in [5, 5.41) is 3.50. The Balaban J connectivity index is 2.17. The minimum Gasteiger partial charge on any atom is -0.313 e. The molecule has 18 heavy (non-hydrogen) atoms. The molecule has 1 heterocycles. The molecule has 1 aliphatic heterocycles. The number of likely N-dealkylation sites (N-methyl/N-ethyl adjacent to an activating group) is 1. The van der Waals surface area contributed by atoms with E-state index in [9.17, 15) is 0 Å². The number of nitrogens with zero attached hydrogens (tertiary/aromatic N) is 2. The molecule has 0 amide bonds. The number of likely N-dealkylation sites (tertiary alicyclic amines) is 1. The summed E-state index contributed by atoms with van der Waals surface area (Å²) in [7, 11) is 2.29. The van der Waals surface area contributed by atoms with Crippen LogP contribution in [0.3, 0.4) is 0 Å². The lowest BCUT2D eigenvalue weighted by atomic mass is 10.00. The van der Waals surface area contributed by atoms with Gasteiger partial charge in [0.05, 0.1) is 0 Å². The van der Waals surface area contributed by atoms with Gasteiger partial charge < -0.3 is 15.1 Å². The van der Waals surface area contributed by atoms with Crippen LogP contribution in [0.15, 0.2) is 0 Å². The third-order valence-corrected chi connectivity index (χ3v) is 4.13. The van der Waals surface area contributed by atoms with Crippen LogP contribution < -0.4 is 5.32 Å². The van der Waals surface area contributed by atoms with E-state index in [4.69, 9.17) is 0 Å². The van der Waals surface area contributed by atoms with Crippen molar-refractivity contribution in [2.24, 2.45) is 0 Å². The van der Waals surface area contributed by atoms with E-state index in [0.717, 1.165) is 12.6 Å². The summed E-state index contributed by atoms with van der Waals surface area (Å²) < 4.78 is 0. The summed E-state index contributed by atoms with van der Waals surface area (Å²) in [5.41, 5.74) is 0. The van der Waals surface area contributed by atoms with Gasteiger partial charge in [0, 0.05) is 25.2 Å². The normalized spacial score (nSPS) is 22.0. The molecule has 1 fully saturated rings. The fourth-order valence-electron chi connectivity index (χ4n) is 2.78. The highest BCUT2D eigenvalue weighted by molar-refractivity contribution is 4.75. The van der Waals surface area contributed by atoms with E-state index in [1.165, 1.54) is 51.9 Å². The van der Waals surface area contributed by atoms with Crippen LogP contribution in [0.1, 0.15) is 46.5 Å². The van der Waals surface area contributed by atoms with Crippen molar-refractivity contribution in [1.29, 1.82) is 0 Å². The smallest absolute Gasteiger partial charge is 0.0107 e. The standard InChI is InChI=1S/C15H33N3/c1-5-18(13-10-16-14(2)3)12-9-15-8-6-7-11-17(15)4/h14-16H,5-13H2,1-4H3. The molecule has 1 unspecified atom stereocenters. The van der Waals surface area contributed by atoms with Gasteiger partial charge in [-0.2, -0.15) is 0 Å². The first-order chi connectivity index (χ1) is 8.63. The first-order valence-electron chi connectivity index (χ1n) is 7.79. The maximum atomic E-state index is 3.50. The van der Waals surface area contributed by atoms with Crippen LogP contribution in [-0.2, 0) is 0 Å². The molecule has 108 valence electrons. The van der Waals surface area contributed by atoms with E-state index in [-0.39, 0.29) is 0 Å². The van der Waals surface area contributed by atoms with Gasteiger partial charge in [-0.1, -0.05) is 27.2 Å². The zero-order valence-corrected chi connectivity index (χ0v) is 12.9. The average Bonchev–Trinajstić information content (AvgIpc) is 2.35. The van der Waals surface area contributed by atoms with Crippen molar-refractivity contribution in [3.8, 4) is 0 Å². The lowest BCUT2D eigenvalue weighted by Gasteiger charge is -2.34. The average molecular weight is 255 g/mol. The number of piperidine rings is 1. The van der Waals surface area contributed by atoms with Crippen molar-refractivity contribution in [3.05, 3.63) is 0 Å². The van der Waals surface area contributed by atoms with Crippen molar-refractivity contribution in [3.63, 3.8) is 0 Å². The second kappa shape index (κ2) is 8.89. The van der Waals surface area contributed by atoms with Crippen LogP contribution in [-0.4, -0.2) is 61.7 Å². The highest BCUT2D eigenvalue weighted by Gasteiger charge is 2.19. The third kappa shape index (κ3) is 6.17. The molecule has 3 heteroatoms. The molecule has 3 nitrogen and oxygen atoms in total. The molecule has 0 aromatic rings. The maximum Gasteiger partial charge on any atom is 0.0107 e. The van der Waals surface area contributed by atoms with E-state index in [0.29, 0.717) is 6.04 Å². The Hall–Kier alpha value is -0.120. The zero-order chi connectivity index (χ0) is 13.4. The van der Waals surface area contributed by atoms with Gasteiger partial charge in [0.25, 0.3) is 0 Å². The van der Waals surface area contributed by atoms with Gasteiger partial charge in [0.15, 0.2) is 0 Å². The van der Waals surface area contributed by atoms with Gasteiger partial charge in [-0.3, -0.25) is 0 Å². The van der Waals surface area contributed by atoms with Crippen LogP contribution in [0, 0.1) is 0 Å². The molecule has 1 atom stereocenters. The predicted octanol–water partition coefficient (Wildman–Crippen LogP) is 2.18. The van der Waals surface area contributed by atoms with E-state index >= 15 is 0 Å². The molecule has 0 aliphatic carbocycles. The van der Waals surface area contributed by atoms with Gasteiger partial charge in [-0.25, -0.2) is 0 Å². The Labute approximate surface area is 114 Å². The lowest BCUT2D eigenvalue weighted by molar-refractivity contribution is 0.155. The highest BCUT2D eigenvalue weighted by Crippen LogP contribution is 2.17. The molecule has 1 N–H and O–H groups in total. The van der Waals surface area contributed by atoms with Crippen molar-refractivity contribution < 1.29 is 0 Å². The fraction of sp³-hybridized carbons (Fsp3) is 1.00. The Morgan fingerprint density at radius 2 is 2.06 bits per heavy atom. The first kappa shape index (κ1) is 15.9. The van der Waals surface area contributed by atoms with Gasteiger partial charge in [0.1, 0.15) is 0 Å². The Kier molecular flexibility index (Phi) is 7.87. The van der Waals surface area contributed by atoms with Crippen LogP contribution in [0.4, 0.5) is 0 Å². The molecule has 0 bridgehead atoms. The predicted molar refractivity (Wildman–Crippen MR) is 80.1 cm³/mol. The van der Waals surface area contributed by atoms with Crippen LogP contribution in [0.2, 0.25) is 0 Å². The minimum absolute atomic E-state index is 0.605. The second-order valence-corrected chi connectivity index (χ2v) is 5.96. The Bertz CT molecular complexity index is 206. The van der Waals surface area contributed by atoms with Gasteiger partial charge in [-0.15, -0.1) is 0 Å². The summed E-state index contributed by atoms with van der Waals surface area (Å²) >= 11 is 0. The highest BCUT2D eigenvalue weighted by atomic mass is 15.2. The topological polar surface area (TPSA) is 18.5 Å². The molecular formula is C15H33N3. The molecular weight excluding hydrogens is 222 g/mol. The summed E-state index contributed by atoms with van der Waals surface area (Å²) in [4.78, 5) is 5.14. The summed E-state index contributed by atoms with van der Waals surface area (Å²) in [6.45, 7) is 12.7. The maximum absolute atomic E-state index is 3.50. The van der Waals surface area contributed by atoms with E-state index in [1.54, 1.807) is 0 Å². The zero-order valence-electron chi connectivity index (χ0n) is 12.9. The van der Waals surface area contributed by atoms with Crippen molar-refractivity contribution >= 4 is 0 Å². The van der Waals surface area contributed by atoms with Crippen molar-refractivity contribution in [2.75, 3.05) is 39.8 Å². The SMILES string of the molecule is CCN(CCNC(C)C)CCC1CCCCN1C. The Morgan fingerprint density at radius 1 is 1.28 bits per heavy atom. The van der Waals surface area contributed by atoms with Crippen molar-refractivity contribution in [2.45, 2.75) is 58.5 Å². The molecule has 0 saturated carbocycles. The molecule has 0 spiro atoms. The van der Waals surface area contributed by atoms with E-state index in [1.807, 2.05) is 0 Å². The largest absolute Gasteiger partial charge is 0.313 e. The Morgan fingerprint density at radius 3 is 2.67 bits per heavy atom. The van der Waals surface area contributed by atoms with Crippen LogP contribution in [0.5, 0.6) is 0 Å². The number of hydrogen-bond donors (Lipinski definition) is 1. The van der Waals surface area contributed by atoms with Gasteiger partial charge >= 0.3 is 0 Å². The molecule has 0 aromatic heterocycles. The molecule has 1 aliphatic rings. The van der Waals surface area contributed by atoms with Crippen LogP contribution >= 0.6 is 0 Å². The minimum atomic E-state index is 0.605. The molecule has 0 radical (unpaired) electrons. The molecule has 0 aromatic carbocycles. The third-order valence-electron chi connectivity index (χ3n) is 4.13. The number of rotatable bonds is 8. The number of nitrogens with one attached hydrogen (secondary N) is 1. The van der Waals surface area contributed by atoms with E-state index < -0.39 is 0 Å². The lowest BCUT2D eigenvalue weighted by Crippen LogP contribution is -2.40. The summed E-state index contributed by atoms with van der Waals surface area (Å²) in [6.07, 6.45) is 5.56. The second-order valence-electron chi connectivity index (χ2n) is 5.96. The quantitative estimate of drug-likeness (QED) is 0.717. The van der Waals surface area contributed by atoms with Gasteiger partial charge in [-0.05, 0) is 45.9 Å². The van der Waals surface area contributed by atoms with Crippen molar-refractivity contribution in [1.82, 2.24) is 15.1 Å². The number of hydrogen-bond acceptors (Lipinski definition) is 3. The van der Waals surface area contributed by atoms with Crippen LogP contribution in [0.25, 0.3) is 0 Å². The molecule has 1 rings (SSSR count). The van der Waals surface area contributed by atoms with E-state index in [2.05, 4.69) is 42.9 Å². The summed E-state index contributed by atoms with van der Waals surface area (Å²) in [5.74, 6) is 0. The fourth-order valence-corrected chi connectivity index (χ4v) is 2.78.